The van der Waals surface area contributed by atoms with Crippen molar-refractivity contribution >= 4 is 11.6 Å². The number of hydrogen-bond acceptors (Lipinski definition) is 2. The minimum absolute atomic E-state index is 0.0822. The van der Waals surface area contributed by atoms with E-state index < -0.39 is 0 Å². The molecule has 1 amide bonds. The molecule has 19 heavy (non-hydrogen) atoms. The first-order valence-electron chi connectivity index (χ1n) is 7.29. The summed E-state index contributed by atoms with van der Waals surface area (Å²) in [5.41, 5.74) is 7.57. The quantitative estimate of drug-likeness (QED) is 0.800. The van der Waals surface area contributed by atoms with Gasteiger partial charge in [-0.25, -0.2) is 0 Å². The van der Waals surface area contributed by atoms with Gasteiger partial charge in [-0.05, 0) is 43.4 Å². The lowest BCUT2D eigenvalue weighted by Gasteiger charge is -2.26. The van der Waals surface area contributed by atoms with Gasteiger partial charge in [-0.2, -0.15) is 0 Å². The van der Waals surface area contributed by atoms with E-state index >= 15 is 0 Å². The first kappa shape index (κ1) is 13.9. The first-order chi connectivity index (χ1) is 9.16. The first-order valence-corrected chi connectivity index (χ1v) is 7.29. The molecule has 1 aromatic rings. The van der Waals surface area contributed by atoms with Crippen molar-refractivity contribution in [2.75, 3.05) is 12.3 Å². The predicted molar refractivity (Wildman–Crippen MR) is 78.8 cm³/mol. The zero-order valence-corrected chi connectivity index (χ0v) is 11.7. The Morgan fingerprint density at radius 2 is 1.89 bits per heavy atom. The van der Waals surface area contributed by atoms with Crippen molar-refractivity contribution in [3.63, 3.8) is 0 Å². The molecule has 3 heteroatoms. The molecule has 0 radical (unpaired) electrons. The molecule has 0 heterocycles. The third kappa shape index (κ3) is 3.28. The summed E-state index contributed by atoms with van der Waals surface area (Å²) in [7, 11) is 0. The van der Waals surface area contributed by atoms with Crippen LogP contribution in [0.4, 0.5) is 5.69 Å². The number of hydrogen-bond donors (Lipinski definition) is 2. The smallest absolute Gasteiger partial charge is 0.226 e. The van der Waals surface area contributed by atoms with Crippen molar-refractivity contribution in [3.05, 3.63) is 29.8 Å². The lowest BCUT2D eigenvalue weighted by Crippen LogP contribution is -2.39. The van der Waals surface area contributed by atoms with Gasteiger partial charge in [0, 0.05) is 17.6 Å². The van der Waals surface area contributed by atoms with Crippen LogP contribution >= 0.6 is 0 Å². The SMILES string of the molecule is CCC1(C(=O)NCCc2ccc(N)cc2)CCCC1. The molecule has 1 saturated carbocycles. The van der Waals surface area contributed by atoms with Crippen molar-refractivity contribution < 1.29 is 4.79 Å². The third-order valence-electron chi connectivity index (χ3n) is 4.40. The van der Waals surface area contributed by atoms with E-state index in [1.165, 1.54) is 18.4 Å². The molecule has 104 valence electrons. The second kappa shape index (κ2) is 6.09. The van der Waals surface area contributed by atoms with Gasteiger partial charge in [-0.3, -0.25) is 4.79 Å². The lowest BCUT2D eigenvalue weighted by atomic mass is 9.82. The average molecular weight is 260 g/mol. The van der Waals surface area contributed by atoms with Crippen molar-refractivity contribution in [3.8, 4) is 0 Å². The summed E-state index contributed by atoms with van der Waals surface area (Å²) in [4.78, 5) is 12.3. The number of benzene rings is 1. The molecule has 1 aliphatic rings. The Balaban J connectivity index is 1.82. The molecule has 0 bridgehead atoms. The van der Waals surface area contributed by atoms with Crippen molar-refractivity contribution in [1.29, 1.82) is 0 Å². The fourth-order valence-electron chi connectivity index (χ4n) is 2.99. The van der Waals surface area contributed by atoms with E-state index in [4.69, 9.17) is 5.73 Å². The maximum atomic E-state index is 12.3. The normalized spacial score (nSPS) is 17.3. The summed E-state index contributed by atoms with van der Waals surface area (Å²) >= 11 is 0. The molecule has 3 N–H and O–H groups in total. The predicted octanol–water partition coefficient (Wildman–Crippen LogP) is 2.90. The van der Waals surface area contributed by atoms with Crippen LogP contribution in [-0.4, -0.2) is 12.5 Å². The fourth-order valence-corrected chi connectivity index (χ4v) is 2.99. The molecule has 1 aromatic carbocycles. The van der Waals surface area contributed by atoms with Crippen LogP contribution in [0.15, 0.2) is 24.3 Å². The zero-order valence-electron chi connectivity index (χ0n) is 11.7. The van der Waals surface area contributed by atoms with Crippen molar-refractivity contribution in [2.45, 2.75) is 45.4 Å². The summed E-state index contributed by atoms with van der Waals surface area (Å²) in [6.07, 6.45) is 6.32. The van der Waals surface area contributed by atoms with Crippen LogP contribution in [0.2, 0.25) is 0 Å². The van der Waals surface area contributed by atoms with E-state index in [1.807, 2.05) is 24.3 Å². The maximum absolute atomic E-state index is 12.3. The standard InChI is InChI=1S/C16H24N2O/c1-2-16(10-3-4-11-16)15(19)18-12-9-13-5-7-14(17)8-6-13/h5-8H,2-4,9-12,17H2,1H3,(H,18,19). The monoisotopic (exact) mass is 260 g/mol. The molecule has 3 nitrogen and oxygen atoms in total. The van der Waals surface area contributed by atoms with E-state index in [9.17, 15) is 4.79 Å². The van der Waals surface area contributed by atoms with E-state index in [2.05, 4.69) is 12.2 Å². The molecule has 1 fully saturated rings. The number of nitrogens with two attached hydrogens (primary N) is 1. The van der Waals surface area contributed by atoms with Crippen molar-refractivity contribution in [2.24, 2.45) is 5.41 Å². The van der Waals surface area contributed by atoms with Crippen LogP contribution in [0.1, 0.15) is 44.6 Å². The lowest BCUT2D eigenvalue weighted by molar-refractivity contribution is -0.131. The summed E-state index contributed by atoms with van der Waals surface area (Å²) in [6.45, 7) is 2.84. The second-order valence-electron chi connectivity index (χ2n) is 5.59. The summed E-state index contributed by atoms with van der Waals surface area (Å²) in [5, 5.41) is 3.11. The Morgan fingerprint density at radius 3 is 2.47 bits per heavy atom. The van der Waals surface area contributed by atoms with Crippen LogP contribution in [0.25, 0.3) is 0 Å². The minimum atomic E-state index is -0.0822. The van der Waals surface area contributed by atoms with Gasteiger partial charge in [0.25, 0.3) is 0 Å². The Morgan fingerprint density at radius 1 is 1.26 bits per heavy atom. The topological polar surface area (TPSA) is 55.1 Å². The number of anilines is 1. The third-order valence-corrected chi connectivity index (χ3v) is 4.40. The molecule has 0 aromatic heterocycles. The minimum Gasteiger partial charge on any atom is -0.399 e. The molecule has 1 aliphatic carbocycles. The van der Waals surface area contributed by atoms with Crippen LogP contribution in [0.3, 0.4) is 0 Å². The number of nitrogen functional groups attached to an aromatic ring is 1. The Hall–Kier alpha value is -1.51. The number of carbonyl (C=O) groups is 1. The van der Waals surface area contributed by atoms with Gasteiger partial charge in [0.15, 0.2) is 0 Å². The highest BCUT2D eigenvalue weighted by molar-refractivity contribution is 5.82. The van der Waals surface area contributed by atoms with E-state index in [1.54, 1.807) is 0 Å². The van der Waals surface area contributed by atoms with Gasteiger partial charge in [-0.15, -0.1) is 0 Å². The van der Waals surface area contributed by atoms with E-state index in [0.717, 1.165) is 31.4 Å². The van der Waals surface area contributed by atoms with Gasteiger partial charge in [0.2, 0.25) is 5.91 Å². The number of carbonyl (C=O) groups excluding carboxylic acids is 1. The molecule has 2 rings (SSSR count). The average Bonchev–Trinajstić information content (AvgIpc) is 2.91. The number of rotatable bonds is 5. The van der Waals surface area contributed by atoms with Gasteiger partial charge in [-0.1, -0.05) is 31.9 Å². The van der Waals surface area contributed by atoms with Gasteiger partial charge >= 0.3 is 0 Å². The van der Waals surface area contributed by atoms with Gasteiger partial charge < -0.3 is 11.1 Å². The molecule has 0 unspecified atom stereocenters. The number of nitrogens with one attached hydrogen (secondary N) is 1. The highest BCUT2D eigenvalue weighted by atomic mass is 16.2. The Labute approximate surface area is 115 Å². The molecule has 0 saturated heterocycles. The summed E-state index contributed by atoms with van der Waals surface area (Å²) in [5.74, 6) is 0.253. The molecule has 0 aliphatic heterocycles. The molecular weight excluding hydrogens is 236 g/mol. The van der Waals surface area contributed by atoms with Gasteiger partial charge in [0.1, 0.15) is 0 Å². The summed E-state index contributed by atoms with van der Waals surface area (Å²) < 4.78 is 0. The van der Waals surface area contributed by atoms with Gasteiger partial charge in [0.05, 0.1) is 0 Å². The molecular formula is C16H24N2O. The van der Waals surface area contributed by atoms with E-state index in [-0.39, 0.29) is 11.3 Å². The molecule has 0 spiro atoms. The highest BCUT2D eigenvalue weighted by Gasteiger charge is 2.38. The fraction of sp³-hybridized carbons (Fsp3) is 0.562. The largest absolute Gasteiger partial charge is 0.399 e. The zero-order chi connectivity index (χ0) is 13.7. The summed E-state index contributed by atoms with van der Waals surface area (Å²) in [6, 6.07) is 7.85. The highest BCUT2D eigenvalue weighted by Crippen LogP contribution is 2.40. The van der Waals surface area contributed by atoms with Crippen LogP contribution in [-0.2, 0) is 11.2 Å². The van der Waals surface area contributed by atoms with Crippen molar-refractivity contribution in [1.82, 2.24) is 5.32 Å². The number of amides is 1. The van der Waals surface area contributed by atoms with Crippen LogP contribution in [0.5, 0.6) is 0 Å². The molecule has 0 atom stereocenters. The van der Waals surface area contributed by atoms with Crippen LogP contribution in [0, 0.1) is 5.41 Å². The second-order valence-corrected chi connectivity index (χ2v) is 5.59. The Kier molecular flexibility index (Phi) is 4.46. The Bertz CT molecular complexity index is 419. The van der Waals surface area contributed by atoms with E-state index in [0.29, 0.717) is 6.54 Å². The maximum Gasteiger partial charge on any atom is 0.226 e. The van der Waals surface area contributed by atoms with Crippen LogP contribution < -0.4 is 11.1 Å².